The minimum absolute atomic E-state index is 0.427. The Kier molecular flexibility index (Phi) is 4.38. The molecule has 0 aliphatic carbocycles. The summed E-state index contributed by atoms with van der Waals surface area (Å²) in [6, 6.07) is 12.6. The molecule has 0 aromatic heterocycles. The summed E-state index contributed by atoms with van der Waals surface area (Å²) in [5.74, 6) is -3.46. The molecule has 0 bridgehead atoms. The number of rotatable bonds is 6. The maximum atomic E-state index is 12.2. The van der Waals surface area contributed by atoms with Crippen molar-refractivity contribution in [3.8, 4) is 0 Å². The molecule has 0 unspecified atom stereocenters. The largest absolute Gasteiger partial charge is 0.621 e. The molecule has 0 amide bonds. The van der Waals surface area contributed by atoms with Crippen molar-refractivity contribution in [3.05, 3.63) is 86.5 Å². The standard InChI is InChI=1S/C13H10N2O7S/c16-14(17)13(15(18)19,11-7-3-1-4-8-11)22-23(20,21)12-9-5-2-6-10-12/h1-10H. The fourth-order valence-corrected chi connectivity index (χ4v) is 2.94. The molecule has 2 aromatic carbocycles. The van der Waals surface area contributed by atoms with Gasteiger partial charge in [-0.15, -0.1) is 4.18 Å². The molecule has 0 aliphatic rings. The molecular weight excluding hydrogens is 328 g/mol. The Labute approximate surface area is 130 Å². The van der Waals surface area contributed by atoms with Gasteiger partial charge in [0.15, 0.2) is 0 Å². The summed E-state index contributed by atoms with van der Waals surface area (Å²) in [5, 5.41) is 22.7. The molecule has 23 heavy (non-hydrogen) atoms. The van der Waals surface area contributed by atoms with Gasteiger partial charge in [-0.05, 0) is 24.3 Å². The van der Waals surface area contributed by atoms with Crippen LogP contribution in [0.15, 0.2) is 65.6 Å². The second kappa shape index (κ2) is 6.10. The van der Waals surface area contributed by atoms with E-state index in [-0.39, 0.29) is 0 Å². The van der Waals surface area contributed by atoms with Gasteiger partial charge in [-0.2, -0.15) is 8.42 Å². The Bertz CT molecular complexity index is 808. The molecule has 0 aliphatic heterocycles. The second-order valence-electron chi connectivity index (χ2n) is 4.34. The fourth-order valence-electron chi connectivity index (χ4n) is 1.83. The van der Waals surface area contributed by atoms with Crippen molar-refractivity contribution in [2.75, 3.05) is 0 Å². The first-order chi connectivity index (χ1) is 10.8. The molecule has 0 N–H and O–H groups in total. The minimum atomic E-state index is -4.74. The first-order valence-electron chi connectivity index (χ1n) is 6.16. The average molecular weight is 338 g/mol. The smallest absolute Gasteiger partial charge is 0.256 e. The van der Waals surface area contributed by atoms with E-state index in [0.29, 0.717) is 0 Å². The van der Waals surface area contributed by atoms with Crippen LogP contribution in [-0.2, 0) is 20.2 Å². The average Bonchev–Trinajstić information content (AvgIpc) is 2.53. The van der Waals surface area contributed by atoms with Crippen LogP contribution >= 0.6 is 0 Å². The van der Waals surface area contributed by atoms with Crippen LogP contribution in [-0.4, -0.2) is 18.3 Å². The zero-order valence-electron chi connectivity index (χ0n) is 11.4. The van der Waals surface area contributed by atoms with Crippen LogP contribution in [0.4, 0.5) is 0 Å². The van der Waals surface area contributed by atoms with Gasteiger partial charge in [0.2, 0.25) is 0 Å². The molecule has 2 rings (SSSR count). The Morgan fingerprint density at radius 3 is 1.70 bits per heavy atom. The number of nitrogens with zero attached hydrogens (tertiary/aromatic N) is 2. The summed E-state index contributed by atoms with van der Waals surface area (Å²) in [7, 11) is -4.74. The van der Waals surface area contributed by atoms with Crippen LogP contribution in [0.3, 0.4) is 0 Å². The Hall–Kier alpha value is -2.85. The molecule has 0 heterocycles. The van der Waals surface area contributed by atoms with Crippen LogP contribution in [0.25, 0.3) is 0 Å². The third-order valence-electron chi connectivity index (χ3n) is 2.90. The van der Waals surface area contributed by atoms with Crippen LogP contribution < -0.4 is 0 Å². The van der Waals surface area contributed by atoms with Crippen LogP contribution in [0.1, 0.15) is 5.56 Å². The van der Waals surface area contributed by atoms with E-state index in [1.165, 1.54) is 36.4 Å². The van der Waals surface area contributed by atoms with Gasteiger partial charge in [0.05, 0.1) is 4.90 Å². The van der Waals surface area contributed by atoms with E-state index in [4.69, 9.17) is 0 Å². The fraction of sp³-hybridized carbons (Fsp3) is 0.0769. The van der Waals surface area contributed by atoms with Gasteiger partial charge < -0.3 is 0 Å². The maximum Gasteiger partial charge on any atom is 0.621 e. The van der Waals surface area contributed by atoms with Crippen LogP contribution in [0, 0.1) is 20.2 Å². The van der Waals surface area contributed by atoms with Gasteiger partial charge in [-0.3, -0.25) is 20.2 Å². The zero-order chi connectivity index (χ0) is 17.1. The van der Waals surface area contributed by atoms with E-state index in [1.54, 1.807) is 0 Å². The predicted octanol–water partition coefficient (Wildman–Crippen LogP) is 1.76. The summed E-state index contributed by atoms with van der Waals surface area (Å²) < 4.78 is 28.9. The highest BCUT2D eigenvalue weighted by Gasteiger charge is 2.64. The Balaban J connectivity index is 2.61. The van der Waals surface area contributed by atoms with Crippen LogP contribution in [0.5, 0.6) is 0 Å². The third kappa shape index (κ3) is 3.03. The van der Waals surface area contributed by atoms with Gasteiger partial charge in [-0.1, -0.05) is 36.4 Å². The number of hydrogen-bond donors (Lipinski definition) is 0. The molecule has 0 spiro atoms. The zero-order valence-corrected chi connectivity index (χ0v) is 12.3. The van der Waals surface area contributed by atoms with E-state index in [1.807, 2.05) is 0 Å². The van der Waals surface area contributed by atoms with Crippen molar-refractivity contribution in [1.82, 2.24) is 0 Å². The van der Waals surface area contributed by atoms with Gasteiger partial charge in [0.25, 0.3) is 0 Å². The first-order valence-corrected chi connectivity index (χ1v) is 7.57. The van der Waals surface area contributed by atoms with Crippen molar-refractivity contribution in [1.29, 1.82) is 0 Å². The monoisotopic (exact) mass is 338 g/mol. The highest BCUT2D eigenvalue weighted by Crippen LogP contribution is 2.31. The number of hydrogen-bond acceptors (Lipinski definition) is 7. The van der Waals surface area contributed by atoms with Gasteiger partial charge in [0.1, 0.15) is 15.4 Å². The summed E-state index contributed by atoms with van der Waals surface area (Å²) in [6.07, 6.45) is 0. The molecule has 0 fully saturated rings. The predicted molar refractivity (Wildman–Crippen MR) is 76.8 cm³/mol. The topological polar surface area (TPSA) is 130 Å². The lowest BCUT2D eigenvalue weighted by Crippen LogP contribution is -2.47. The highest BCUT2D eigenvalue weighted by atomic mass is 32.2. The molecule has 2 aromatic rings. The highest BCUT2D eigenvalue weighted by molar-refractivity contribution is 7.86. The van der Waals surface area contributed by atoms with E-state index < -0.39 is 36.3 Å². The van der Waals surface area contributed by atoms with E-state index >= 15 is 0 Å². The quantitative estimate of drug-likeness (QED) is 0.339. The maximum absolute atomic E-state index is 12.2. The third-order valence-corrected chi connectivity index (χ3v) is 4.20. The van der Waals surface area contributed by atoms with E-state index in [0.717, 1.165) is 24.3 Å². The Morgan fingerprint density at radius 1 is 0.826 bits per heavy atom. The SMILES string of the molecule is O=[N+]([O-])C(OS(=O)(=O)c1ccccc1)(c1ccccc1)[N+](=O)[O-]. The normalized spacial score (nSPS) is 11.8. The summed E-state index contributed by atoms with van der Waals surface area (Å²) >= 11 is 0. The van der Waals surface area contributed by atoms with Gasteiger partial charge in [-0.25, -0.2) is 0 Å². The summed E-state index contributed by atoms with van der Waals surface area (Å²) in [4.78, 5) is 19.5. The van der Waals surface area contributed by atoms with Gasteiger partial charge in [0, 0.05) is 0 Å². The minimum Gasteiger partial charge on any atom is -0.256 e. The lowest BCUT2D eigenvalue weighted by atomic mass is 10.1. The lowest BCUT2D eigenvalue weighted by Gasteiger charge is -2.16. The molecular formula is C13H10N2O7S. The summed E-state index contributed by atoms with van der Waals surface area (Å²) in [5.41, 5.74) is -0.519. The van der Waals surface area contributed by atoms with Crippen LogP contribution in [0.2, 0.25) is 0 Å². The van der Waals surface area contributed by atoms with Crippen molar-refractivity contribution >= 4 is 10.1 Å². The lowest BCUT2D eigenvalue weighted by molar-refractivity contribution is -0.854. The molecule has 0 saturated carbocycles. The number of benzene rings is 2. The van der Waals surface area contributed by atoms with Crippen molar-refractivity contribution < 1.29 is 22.4 Å². The molecule has 120 valence electrons. The summed E-state index contributed by atoms with van der Waals surface area (Å²) in [6.45, 7) is 0. The molecule has 10 heteroatoms. The molecule has 9 nitrogen and oxygen atoms in total. The second-order valence-corrected chi connectivity index (χ2v) is 5.89. The molecule has 0 atom stereocenters. The Morgan fingerprint density at radius 2 is 1.26 bits per heavy atom. The number of nitro groups is 2. The molecule has 0 radical (unpaired) electrons. The van der Waals surface area contributed by atoms with Crippen molar-refractivity contribution in [3.63, 3.8) is 0 Å². The van der Waals surface area contributed by atoms with Gasteiger partial charge >= 0.3 is 16.0 Å². The first kappa shape index (κ1) is 16.5. The van der Waals surface area contributed by atoms with E-state index in [2.05, 4.69) is 4.18 Å². The molecule has 0 saturated heterocycles. The van der Waals surface area contributed by atoms with Crippen molar-refractivity contribution in [2.45, 2.75) is 10.7 Å². The van der Waals surface area contributed by atoms with Crippen molar-refractivity contribution in [2.24, 2.45) is 0 Å². The van der Waals surface area contributed by atoms with E-state index in [9.17, 15) is 28.6 Å².